The molecule has 14 heavy (non-hydrogen) atoms. The Balaban J connectivity index is 2.01. The molecule has 1 saturated heterocycles. The fourth-order valence-corrected chi connectivity index (χ4v) is 1.86. The lowest BCUT2D eigenvalue weighted by molar-refractivity contribution is 0.210. The number of aliphatic hydroxyl groups is 1. The first-order valence-electron chi connectivity index (χ1n) is 5.04. The number of rotatable bonds is 2. The summed E-state index contributed by atoms with van der Waals surface area (Å²) in [4.78, 5) is 2.33. The molecule has 2 heterocycles. The zero-order valence-corrected chi connectivity index (χ0v) is 8.48. The number of piperidine rings is 1. The van der Waals surface area contributed by atoms with Crippen LogP contribution in [0.15, 0.2) is 6.20 Å². The number of hydrogen-bond donors (Lipinski definition) is 1. The molecule has 0 unspecified atom stereocenters. The third-order valence-electron chi connectivity index (χ3n) is 2.81. The summed E-state index contributed by atoms with van der Waals surface area (Å²) in [6, 6.07) is 3.44. The van der Waals surface area contributed by atoms with Gasteiger partial charge in [0.1, 0.15) is 0 Å². The molecule has 2 rings (SSSR count). The Labute approximate surface area is 84.1 Å². The van der Waals surface area contributed by atoms with Gasteiger partial charge in [-0.3, -0.25) is 4.68 Å². The highest BCUT2D eigenvalue weighted by molar-refractivity contribution is 4.95. The van der Waals surface area contributed by atoms with Gasteiger partial charge in [0.15, 0.2) is 0 Å². The molecule has 0 saturated carbocycles. The number of aromatic nitrogens is 2. The van der Waals surface area contributed by atoms with Crippen LogP contribution < -0.4 is 0 Å². The average molecular weight is 194 g/mol. The fourth-order valence-electron chi connectivity index (χ4n) is 1.86. The molecular weight excluding hydrogens is 178 g/mol. The van der Waals surface area contributed by atoms with E-state index < -0.39 is 0 Å². The van der Waals surface area contributed by atoms with Crippen LogP contribution in [0.1, 0.15) is 24.6 Å². The van der Waals surface area contributed by atoms with E-state index in [1.165, 1.54) is 0 Å². The van der Waals surface area contributed by atoms with Crippen molar-refractivity contribution in [3.8, 4) is 0 Å². The molecule has 0 spiro atoms. The second kappa shape index (κ2) is 4.11. The van der Waals surface area contributed by atoms with Gasteiger partial charge < -0.3 is 10.0 Å². The summed E-state index contributed by atoms with van der Waals surface area (Å²) in [6.07, 6.45) is 4.12. The predicted molar refractivity (Wildman–Crippen MR) is 52.8 cm³/mol. The van der Waals surface area contributed by atoms with Crippen LogP contribution in [0.4, 0.5) is 0 Å². The van der Waals surface area contributed by atoms with E-state index in [4.69, 9.17) is 5.11 Å². The van der Waals surface area contributed by atoms with Crippen molar-refractivity contribution in [3.63, 3.8) is 0 Å². The topological polar surface area (TPSA) is 41.3 Å². The van der Waals surface area contributed by atoms with Gasteiger partial charge in [-0.2, -0.15) is 5.10 Å². The van der Waals surface area contributed by atoms with E-state index in [0.29, 0.717) is 11.7 Å². The summed E-state index contributed by atoms with van der Waals surface area (Å²) >= 11 is 0. The van der Waals surface area contributed by atoms with Gasteiger partial charge in [0.2, 0.25) is 0 Å². The molecule has 1 radical (unpaired) electrons. The Morgan fingerprint density at radius 2 is 2.29 bits per heavy atom. The van der Waals surface area contributed by atoms with Gasteiger partial charge >= 0.3 is 0 Å². The summed E-state index contributed by atoms with van der Waals surface area (Å²) in [5.41, 5.74) is 0.643. The smallest absolute Gasteiger partial charge is 0.0958 e. The van der Waals surface area contributed by atoms with Crippen molar-refractivity contribution in [1.82, 2.24) is 14.7 Å². The highest BCUT2D eigenvalue weighted by atomic mass is 16.3. The second-order valence-electron chi connectivity index (χ2n) is 3.89. The van der Waals surface area contributed by atoms with Gasteiger partial charge in [0.25, 0.3) is 0 Å². The molecular formula is C10H16N3O. The molecule has 1 aliphatic rings. The van der Waals surface area contributed by atoms with Crippen molar-refractivity contribution in [2.24, 2.45) is 0 Å². The Bertz CT molecular complexity index is 289. The number of nitrogens with zero attached hydrogens (tertiary/aromatic N) is 3. The van der Waals surface area contributed by atoms with Crippen molar-refractivity contribution in [2.45, 2.75) is 25.5 Å². The van der Waals surface area contributed by atoms with Gasteiger partial charge in [-0.1, -0.05) is 0 Å². The van der Waals surface area contributed by atoms with E-state index in [-0.39, 0.29) is 6.61 Å². The monoisotopic (exact) mass is 194 g/mol. The molecule has 1 aromatic rings. The van der Waals surface area contributed by atoms with Crippen molar-refractivity contribution in [3.05, 3.63) is 18.0 Å². The molecule has 1 N–H and O–H groups in total. The van der Waals surface area contributed by atoms with E-state index in [1.54, 1.807) is 0 Å². The van der Waals surface area contributed by atoms with E-state index in [9.17, 15) is 0 Å². The van der Waals surface area contributed by atoms with Gasteiger partial charge in [-0.05, 0) is 33.0 Å². The van der Waals surface area contributed by atoms with Crippen LogP contribution >= 0.6 is 0 Å². The molecule has 0 aromatic carbocycles. The first kappa shape index (κ1) is 9.68. The van der Waals surface area contributed by atoms with Gasteiger partial charge in [-0.15, -0.1) is 0 Å². The lowest BCUT2D eigenvalue weighted by Gasteiger charge is -2.28. The van der Waals surface area contributed by atoms with Gasteiger partial charge in [-0.25, -0.2) is 0 Å². The molecule has 4 heteroatoms. The number of hydrogen-bond acceptors (Lipinski definition) is 3. The quantitative estimate of drug-likeness (QED) is 0.743. The molecule has 1 aliphatic heterocycles. The molecule has 4 nitrogen and oxygen atoms in total. The highest BCUT2D eigenvalue weighted by Crippen LogP contribution is 2.20. The molecule has 0 atom stereocenters. The van der Waals surface area contributed by atoms with E-state index >= 15 is 0 Å². The molecule has 1 aromatic heterocycles. The maximum absolute atomic E-state index is 8.88. The first-order chi connectivity index (χ1) is 6.79. The largest absolute Gasteiger partial charge is 0.390 e. The van der Waals surface area contributed by atoms with E-state index in [1.807, 2.05) is 10.9 Å². The highest BCUT2D eigenvalue weighted by Gasteiger charge is 2.18. The summed E-state index contributed by atoms with van der Waals surface area (Å²) in [5, 5.41) is 13.1. The molecule has 1 fully saturated rings. The first-order valence-corrected chi connectivity index (χ1v) is 5.04. The third-order valence-corrected chi connectivity index (χ3v) is 2.81. The van der Waals surface area contributed by atoms with Crippen LogP contribution in [0, 0.1) is 6.07 Å². The maximum Gasteiger partial charge on any atom is 0.0958 e. The minimum atomic E-state index is -0.0143. The number of likely N-dealkylation sites (tertiary alicyclic amines) is 1. The standard InChI is InChI=1S/C10H16N3O/c1-12-5-3-10(4-6-12)13-7-2-9(8-14)11-13/h7,10,14H,3-6,8H2,1H3. The zero-order chi connectivity index (χ0) is 9.97. The normalized spacial score (nSPS) is 20.1. The van der Waals surface area contributed by atoms with Crippen LogP contribution in [-0.4, -0.2) is 39.9 Å². The summed E-state index contributed by atoms with van der Waals surface area (Å²) in [6.45, 7) is 2.23. The minimum absolute atomic E-state index is 0.0143. The van der Waals surface area contributed by atoms with Gasteiger partial charge in [0, 0.05) is 12.3 Å². The van der Waals surface area contributed by atoms with Gasteiger partial charge in [0.05, 0.1) is 18.3 Å². The molecule has 0 bridgehead atoms. The summed E-state index contributed by atoms with van der Waals surface area (Å²) < 4.78 is 1.94. The van der Waals surface area contributed by atoms with Crippen molar-refractivity contribution < 1.29 is 5.11 Å². The maximum atomic E-state index is 8.88. The fraction of sp³-hybridized carbons (Fsp3) is 0.700. The predicted octanol–water partition coefficient (Wildman–Crippen LogP) is 0.442. The lowest BCUT2D eigenvalue weighted by atomic mass is 10.1. The Hall–Kier alpha value is -0.870. The Morgan fingerprint density at radius 3 is 2.86 bits per heavy atom. The van der Waals surface area contributed by atoms with Crippen molar-refractivity contribution in [1.29, 1.82) is 0 Å². The van der Waals surface area contributed by atoms with Crippen LogP contribution in [0.2, 0.25) is 0 Å². The Kier molecular flexibility index (Phi) is 2.84. The van der Waals surface area contributed by atoms with Crippen LogP contribution in [0.5, 0.6) is 0 Å². The zero-order valence-electron chi connectivity index (χ0n) is 8.48. The summed E-state index contributed by atoms with van der Waals surface area (Å²) in [5.74, 6) is 0. The third kappa shape index (κ3) is 1.96. The van der Waals surface area contributed by atoms with Crippen molar-refractivity contribution in [2.75, 3.05) is 20.1 Å². The lowest BCUT2D eigenvalue weighted by Crippen LogP contribution is -2.31. The number of aliphatic hydroxyl groups excluding tert-OH is 1. The second-order valence-corrected chi connectivity index (χ2v) is 3.89. The minimum Gasteiger partial charge on any atom is -0.390 e. The molecule has 0 amide bonds. The van der Waals surface area contributed by atoms with Crippen LogP contribution in [0.25, 0.3) is 0 Å². The van der Waals surface area contributed by atoms with Crippen molar-refractivity contribution >= 4 is 0 Å². The summed E-state index contributed by atoms with van der Waals surface area (Å²) in [7, 11) is 2.14. The molecule has 0 aliphatic carbocycles. The van der Waals surface area contributed by atoms with Crippen LogP contribution in [-0.2, 0) is 6.61 Å². The Morgan fingerprint density at radius 1 is 1.57 bits per heavy atom. The average Bonchev–Trinajstić information content (AvgIpc) is 2.67. The SMILES string of the molecule is CN1CCC(n2c[c]c(CO)n2)CC1. The van der Waals surface area contributed by atoms with Crippen LogP contribution in [0.3, 0.4) is 0 Å². The molecule has 77 valence electrons. The van der Waals surface area contributed by atoms with E-state index in [0.717, 1.165) is 25.9 Å². The van der Waals surface area contributed by atoms with E-state index in [2.05, 4.69) is 23.1 Å².